The molecule has 5 nitrogen and oxygen atoms in total. The van der Waals surface area contributed by atoms with Crippen LogP contribution in [0.5, 0.6) is 0 Å². The monoisotopic (exact) mass is 247 g/mol. The zero-order chi connectivity index (χ0) is 13.4. The maximum atomic E-state index is 11.6. The summed E-state index contributed by atoms with van der Waals surface area (Å²) in [4.78, 5) is 13.4. The van der Waals surface area contributed by atoms with Crippen molar-refractivity contribution in [2.45, 2.75) is 0 Å². The first-order valence-electron chi connectivity index (χ1n) is 5.64. The fraction of sp³-hybridized carbons (Fsp3) is 0.385. The number of anilines is 1. The number of carbonyl (C=O) groups is 1. The Morgan fingerprint density at radius 2 is 2.11 bits per heavy atom. The van der Waals surface area contributed by atoms with Gasteiger partial charge in [0, 0.05) is 26.4 Å². The molecule has 0 heterocycles. The number of methoxy groups -OCH3 is 1. The number of ether oxygens (including phenoxy) is 1. The number of nitrogens with one attached hydrogen (secondary N) is 1. The molecule has 1 N–H and O–H groups in total. The third-order valence-corrected chi connectivity index (χ3v) is 2.45. The van der Waals surface area contributed by atoms with Gasteiger partial charge in [0.1, 0.15) is 0 Å². The van der Waals surface area contributed by atoms with Gasteiger partial charge in [-0.05, 0) is 24.3 Å². The van der Waals surface area contributed by atoms with Crippen LogP contribution in [-0.2, 0) is 9.53 Å². The zero-order valence-electron chi connectivity index (χ0n) is 10.6. The molecular weight excluding hydrogens is 230 g/mol. The average molecular weight is 247 g/mol. The van der Waals surface area contributed by atoms with Crippen molar-refractivity contribution in [3.63, 3.8) is 0 Å². The lowest BCUT2D eigenvalue weighted by atomic mass is 10.2. The Morgan fingerprint density at radius 1 is 1.44 bits per heavy atom. The predicted molar refractivity (Wildman–Crippen MR) is 69.3 cm³/mol. The van der Waals surface area contributed by atoms with Crippen LogP contribution < -0.4 is 10.2 Å². The minimum Gasteiger partial charge on any atom is -0.383 e. The second-order valence-corrected chi connectivity index (χ2v) is 3.86. The van der Waals surface area contributed by atoms with Crippen molar-refractivity contribution in [2.24, 2.45) is 0 Å². The van der Waals surface area contributed by atoms with Crippen LogP contribution in [0.15, 0.2) is 24.3 Å². The number of hydrogen-bond donors (Lipinski definition) is 1. The summed E-state index contributed by atoms with van der Waals surface area (Å²) >= 11 is 0. The molecule has 0 fully saturated rings. The highest BCUT2D eigenvalue weighted by molar-refractivity contribution is 5.81. The second kappa shape index (κ2) is 7.30. The van der Waals surface area contributed by atoms with E-state index < -0.39 is 0 Å². The van der Waals surface area contributed by atoms with E-state index in [9.17, 15) is 4.79 Å². The number of amides is 1. The summed E-state index contributed by atoms with van der Waals surface area (Å²) < 4.78 is 4.85. The minimum absolute atomic E-state index is 0.0566. The van der Waals surface area contributed by atoms with Gasteiger partial charge in [0.15, 0.2) is 0 Å². The highest BCUT2D eigenvalue weighted by Crippen LogP contribution is 2.12. The number of likely N-dealkylation sites (N-methyl/N-ethyl adjacent to an activating group) is 1. The molecule has 5 heteroatoms. The third kappa shape index (κ3) is 4.44. The van der Waals surface area contributed by atoms with E-state index in [1.165, 1.54) is 0 Å². The van der Waals surface area contributed by atoms with Gasteiger partial charge in [-0.3, -0.25) is 4.79 Å². The van der Waals surface area contributed by atoms with E-state index in [2.05, 4.69) is 11.4 Å². The zero-order valence-corrected chi connectivity index (χ0v) is 10.6. The van der Waals surface area contributed by atoms with Crippen LogP contribution in [0.3, 0.4) is 0 Å². The molecule has 0 saturated heterocycles. The number of carbonyl (C=O) groups excluding carboxylic acids is 1. The van der Waals surface area contributed by atoms with E-state index in [1.54, 1.807) is 19.2 Å². The van der Waals surface area contributed by atoms with Crippen molar-refractivity contribution in [2.75, 3.05) is 38.8 Å². The third-order valence-electron chi connectivity index (χ3n) is 2.45. The van der Waals surface area contributed by atoms with Crippen LogP contribution in [0, 0.1) is 11.3 Å². The molecule has 0 saturated carbocycles. The Morgan fingerprint density at radius 3 is 2.67 bits per heavy atom. The lowest BCUT2D eigenvalue weighted by Gasteiger charge is -2.18. The number of hydrogen-bond acceptors (Lipinski definition) is 4. The van der Waals surface area contributed by atoms with E-state index >= 15 is 0 Å². The summed E-state index contributed by atoms with van der Waals surface area (Å²) in [5, 5.41) is 11.4. The van der Waals surface area contributed by atoms with Gasteiger partial charge in [-0.15, -0.1) is 0 Å². The van der Waals surface area contributed by atoms with Crippen molar-refractivity contribution < 1.29 is 9.53 Å². The fourth-order valence-corrected chi connectivity index (χ4v) is 1.45. The van der Waals surface area contributed by atoms with Crippen LogP contribution in [0.4, 0.5) is 5.69 Å². The van der Waals surface area contributed by atoms with E-state index in [0.717, 1.165) is 5.69 Å². The van der Waals surface area contributed by atoms with Gasteiger partial charge in [-0.25, -0.2) is 0 Å². The summed E-state index contributed by atoms with van der Waals surface area (Å²) in [5.74, 6) is -0.0566. The van der Waals surface area contributed by atoms with E-state index in [-0.39, 0.29) is 12.5 Å². The molecular formula is C13H17N3O2. The molecule has 1 aromatic rings. The van der Waals surface area contributed by atoms with Gasteiger partial charge >= 0.3 is 0 Å². The van der Waals surface area contributed by atoms with E-state index in [4.69, 9.17) is 10.00 Å². The maximum absolute atomic E-state index is 11.6. The lowest BCUT2D eigenvalue weighted by molar-refractivity contribution is -0.119. The molecule has 0 bridgehead atoms. The van der Waals surface area contributed by atoms with Crippen LogP contribution >= 0.6 is 0 Å². The first-order chi connectivity index (χ1) is 8.67. The number of nitriles is 1. The molecule has 0 aliphatic heterocycles. The van der Waals surface area contributed by atoms with Gasteiger partial charge < -0.3 is 15.0 Å². The van der Waals surface area contributed by atoms with Crippen molar-refractivity contribution in [3.8, 4) is 6.07 Å². The van der Waals surface area contributed by atoms with Crippen molar-refractivity contribution in [1.29, 1.82) is 5.26 Å². The van der Waals surface area contributed by atoms with Gasteiger partial charge in [-0.2, -0.15) is 5.26 Å². The van der Waals surface area contributed by atoms with Crippen LogP contribution in [0.25, 0.3) is 0 Å². The summed E-state index contributed by atoms with van der Waals surface area (Å²) in [6, 6.07) is 9.16. The van der Waals surface area contributed by atoms with E-state index in [0.29, 0.717) is 18.7 Å². The Kier molecular flexibility index (Phi) is 5.68. The highest BCUT2D eigenvalue weighted by Gasteiger charge is 2.06. The molecule has 0 aliphatic carbocycles. The largest absolute Gasteiger partial charge is 0.383 e. The van der Waals surface area contributed by atoms with Gasteiger partial charge in [0.25, 0.3) is 0 Å². The topological polar surface area (TPSA) is 65.4 Å². The smallest absolute Gasteiger partial charge is 0.239 e. The van der Waals surface area contributed by atoms with Crippen LogP contribution in [-0.4, -0.2) is 39.8 Å². The predicted octanol–water partition coefficient (Wildman–Crippen LogP) is 0.757. The normalized spacial score (nSPS) is 9.61. The first-order valence-corrected chi connectivity index (χ1v) is 5.64. The summed E-state index contributed by atoms with van der Waals surface area (Å²) in [7, 11) is 3.42. The Hall–Kier alpha value is -2.06. The molecule has 1 amide bonds. The second-order valence-electron chi connectivity index (χ2n) is 3.86. The highest BCUT2D eigenvalue weighted by atomic mass is 16.5. The average Bonchev–Trinajstić information content (AvgIpc) is 2.39. The SMILES string of the molecule is COCCNC(=O)CN(C)c1ccc(C#N)cc1. The minimum atomic E-state index is -0.0566. The quantitative estimate of drug-likeness (QED) is 0.754. The molecule has 0 atom stereocenters. The van der Waals surface area contributed by atoms with Crippen molar-refractivity contribution in [1.82, 2.24) is 5.32 Å². The van der Waals surface area contributed by atoms with E-state index in [1.807, 2.05) is 24.1 Å². The van der Waals surface area contributed by atoms with Gasteiger partial charge in [0.05, 0.1) is 24.8 Å². The number of rotatable bonds is 6. The maximum Gasteiger partial charge on any atom is 0.239 e. The summed E-state index contributed by atoms with van der Waals surface area (Å²) in [5.41, 5.74) is 1.51. The molecule has 1 aromatic carbocycles. The van der Waals surface area contributed by atoms with Crippen molar-refractivity contribution >= 4 is 11.6 Å². The van der Waals surface area contributed by atoms with Gasteiger partial charge in [-0.1, -0.05) is 0 Å². The Bertz CT molecular complexity index is 423. The molecule has 96 valence electrons. The van der Waals surface area contributed by atoms with Crippen LogP contribution in [0.2, 0.25) is 0 Å². The summed E-state index contributed by atoms with van der Waals surface area (Å²) in [6.45, 7) is 1.29. The molecule has 1 rings (SSSR count). The fourth-order valence-electron chi connectivity index (χ4n) is 1.45. The first kappa shape index (κ1) is 14.0. The Labute approximate surface area is 107 Å². The summed E-state index contributed by atoms with van der Waals surface area (Å²) in [6.07, 6.45) is 0. The molecule has 0 radical (unpaired) electrons. The van der Waals surface area contributed by atoms with Gasteiger partial charge in [0.2, 0.25) is 5.91 Å². The van der Waals surface area contributed by atoms with Crippen molar-refractivity contribution in [3.05, 3.63) is 29.8 Å². The van der Waals surface area contributed by atoms with Crippen LogP contribution in [0.1, 0.15) is 5.56 Å². The molecule has 0 aliphatic rings. The molecule has 0 aromatic heterocycles. The number of nitrogens with zero attached hydrogens (tertiary/aromatic N) is 2. The number of benzene rings is 1. The molecule has 18 heavy (non-hydrogen) atoms. The lowest BCUT2D eigenvalue weighted by Crippen LogP contribution is -2.36. The molecule has 0 unspecified atom stereocenters. The Balaban J connectivity index is 2.46. The molecule has 0 spiro atoms. The standard InChI is InChI=1S/C13H17N3O2/c1-16(10-13(17)15-7-8-18-2)12-5-3-11(9-14)4-6-12/h3-6H,7-8,10H2,1-2H3,(H,15,17).